The molecule has 0 bridgehead atoms. The first kappa shape index (κ1) is 13.1. The molecule has 1 aromatic rings. The van der Waals surface area contributed by atoms with Crippen LogP contribution in [-0.4, -0.2) is 19.2 Å². The second-order valence-corrected chi connectivity index (χ2v) is 4.19. The molecule has 1 aromatic carbocycles. The molecule has 1 atom stereocenters. The van der Waals surface area contributed by atoms with Crippen molar-refractivity contribution in [3.05, 3.63) is 41.4 Å². The highest BCUT2D eigenvalue weighted by Gasteiger charge is 2.04. The maximum atomic E-state index is 5.94. The lowest BCUT2D eigenvalue weighted by Crippen LogP contribution is -2.28. The molecule has 0 fully saturated rings. The molecule has 0 radical (unpaired) electrons. The average molecular weight is 240 g/mol. The van der Waals surface area contributed by atoms with Crippen LogP contribution in [0.1, 0.15) is 12.5 Å². The van der Waals surface area contributed by atoms with E-state index in [0.717, 1.165) is 29.4 Å². The third-order valence-corrected chi connectivity index (χ3v) is 2.61. The van der Waals surface area contributed by atoms with Crippen molar-refractivity contribution in [1.82, 2.24) is 5.32 Å². The molecule has 0 saturated heterocycles. The summed E-state index contributed by atoms with van der Waals surface area (Å²) in [6, 6.07) is 5.70. The van der Waals surface area contributed by atoms with Gasteiger partial charge >= 0.3 is 0 Å². The Morgan fingerprint density at radius 3 is 2.94 bits per heavy atom. The van der Waals surface area contributed by atoms with Crippen LogP contribution in [0, 0.1) is 6.92 Å². The van der Waals surface area contributed by atoms with E-state index in [2.05, 4.69) is 11.9 Å². The van der Waals surface area contributed by atoms with Gasteiger partial charge in [-0.05, 0) is 37.6 Å². The molecule has 16 heavy (non-hydrogen) atoms. The number of benzene rings is 1. The van der Waals surface area contributed by atoms with E-state index >= 15 is 0 Å². The third kappa shape index (κ3) is 4.25. The third-order valence-electron chi connectivity index (χ3n) is 2.19. The summed E-state index contributed by atoms with van der Waals surface area (Å²) in [6.45, 7) is 9.24. The Morgan fingerprint density at radius 1 is 1.56 bits per heavy atom. The molecule has 1 rings (SSSR count). The number of aryl methyl sites for hydroxylation is 1. The highest BCUT2D eigenvalue weighted by molar-refractivity contribution is 6.31. The lowest BCUT2D eigenvalue weighted by Gasteiger charge is -2.15. The fourth-order valence-corrected chi connectivity index (χ4v) is 1.47. The SMILES string of the molecule is C=CCNCC(C)Oc1ccc(Cl)c(C)c1. The Morgan fingerprint density at radius 2 is 2.31 bits per heavy atom. The smallest absolute Gasteiger partial charge is 0.120 e. The fraction of sp³-hybridized carbons (Fsp3) is 0.385. The number of nitrogens with one attached hydrogen (secondary N) is 1. The van der Waals surface area contributed by atoms with Gasteiger partial charge in [0.25, 0.3) is 0 Å². The first-order valence-corrected chi connectivity index (χ1v) is 5.75. The Balaban J connectivity index is 2.46. The van der Waals surface area contributed by atoms with E-state index < -0.39 is 0 Å². The number of rotatable bonds is 6. The van der Waals surface area contributed by atoms with Crippen LogP contribution in [0.25, 0.3) is 0 Å². The lowest BCUT2D eigenvalue weighted by atomic mass is 10.2. The monoisotopic (exact) mass is 239 g/mol. The summed E-state index contributed by atoms with van der Waals surface area (Å²) in [5.41, 5.74) is 1.03. The summed E-state index contributed by atoms with van der Waals surface area (Å²) in [5.74, 6) is 0.856. The first-order chi connectivity index (χ1) is 7.63. The van der Waals surface area contributed by atoms with E-state index in [4.69, 9.17) is 16.3 Å². The molecule has 0 amide bonds. The predicted octanol–water partition coefficient (Wildman–Crippen LogP) is 3.19. The molecule has 0 aromatic heterocycles. The molecular formula is C13H18ClNO. The second-order valence-electron chi connectivity index (χ2n) is 3.79. The van der Waals surface area contributed by atoms with E-state index in [1.54, 1.807) is 0 Å². The van der Waals surface area contributed by atoms with Crippen molar-refractivity contribution < 1.29 is 4.74 Å². The minimum atomic E-state index is 0.125. The van der Waals surface area contributed by atoms with Crippen LogP contribution < -0.4 is 10.1 Å². The number of hydrogen-bond acceptors (Lipinski definition) is 2. The van der Waals surface area contributed by atoms with Crippen LogP contribution in [0.15, 0.2) is 30.9 Å². The van der Waals surface area contributed by atoms with E-state index in [1.807, 2.05) is 38.1 Å². The van der Waals surface area contributed by atoms with E-state index in [0.29, 0.717) is 0 Å². The molecule has 2 nitrogen and oxygen atoms in total. The van der Waals surface area contributed by atoms with Gasteiger partial charge in [-0.2, -0.15) is 0 Å². The zero-order valence-electron chi connectivity index (χ0n) is 9.79. The largest absolute Gasteiger partial charge is 0.489 e. The van der Waals surface area contributed by atoms with Gasteiger partial charge in [0.05, 0.1) is 0 Å². The van der Waals surface area contributed by atoms with Crippen LogP contribution in [0.3, 0.4) is 0 Å². The second kappa shape index (κ2) is 6.56. The summed E-state index contributed by atoms with van der Waals surface area (Å²) in [4.78, 5) is 0. The molecule has 0 aliphatic rings. The Hall–Kier alpha value is -0.990. The summed E-state index contributed by atoms with van der Waals surface area (Å²) < 4.78 is 5.74. The van der Waals surface area contributed by atoms with Crippen LogP contribution in [-0.2, 0) is 0 Å². The molecule has 0 aliphatic carbocycles. The van der Waals surface area contributed by atoms with Gasteiger partial charge in [0.2, 0.25) is 0 Å². The minimum absolute atomic E-state index is 0.125. The number of halogens is 1. The van der Waals surface area contributed by atoms with Gasteiger partial charge < -0.3 is 10.1 Å². The van der Waals surface area contributed by atoms with Crippen molar-refractivity contribution >= 4 is 11.6 Å². The minimum Gasteiger partial charge on any atom is -0.489 e. The molecule has 3 heteroatoms. The van der Waals surface area contributed by atoms with Crippen molar-refractivity contribution in [3.8, 4) is 5.75 Å². The van der Waals surface area contributed by atoms with Crippen molar-refractivity contribution in [1.29, 1.82) is 0 Å². The molecule has 0 aliphatic heterocycles. The fourth-order valence-electron chi connectivity index (χ4n) is 1.35. The van der Waals surface area contributed by atoms with Crippen molar-refractivity contribution in [2.75, 3.05) is 13.1 Å². The van der Waals surface area contributed by atoms with E-state index in [1.165, 1.54) is 0 Å². The zero-order chi connectivity index (χ0) is 12.0. The first-order valence-electron chi connectivity index (χ1n) is 5.38. The normalized spacial score (nSPS) is 12.2. The molecule has 0 heterocycles. The quantitative estimate of drug-likeness (QED) is 0.608. The van der Waals surface area contributed by atoms with Crippen LogP contribution in [0.5, 0.6) is 5.75 Å². The Labute approximate surface area is 102 Å². The van der Waals surface area contributed by atoms with E-state index in [9.17, 15) is 0 Å². The summed E-state index contributed by atoms with van der Waals surface area (Å²) in [5, 5.41) is 3.98. The van der Waals surface area contributed by atoms with Gasteiger partial charge in [-0.3, -0.25) is 0 Å². The van der Waals surface area contributed by atoms with Gasteiger partial charge in [0, 0.05) is 18.1 Å². The number of ether oxygens (including phenoxy) is 1. The Bertz CT molecular complexity index is 352. The average Bonchev–Trinajstić information content (AvgIpc) is 2.24. The van der Waals surface area contributed by atoms with Crippen LogP contribution in [0.4, 0.5) is 0 Å². The maximum Gasteiger partial charge on any atom is 0.120 e. The predicted molar refractivity (Wildman–Crippen MR) is 69.3 cm³/mol. The molecule has 1 unspecified atom stereocenters. The van der Waals surface area contributed by atoms with Gasteiger partial charge in [-0.15, -0.1) is 6.58 Å². The topological polar surface area (TPSA) is 21.3 Å². The van der Waals surface area contributed by atoms with Gasteiger partial charge in [-0.25, -0.2) is 0 Å². The Kier molecular flexibility index (Phi) is 5.36. The highest BCUT2D eigenvalue weighted by Crippen LogP contribution is 2.21. The van der Waals surface area contributed by atoms with Gasteiger partial charge in [-0.1, -0.05) is 17.7 Å². The summed E-state index contributed by atoms with van der Waals surface area (Å²) in [7, 11) is 0. The van der Waals surface area contributed by atoms with Gasteiger partial charge in [0.15, 0.2) is 0 Å². The van der Waals surface area contributed by atoms with Crippen molar-refractivity contribution in [2.45, 2.75) is 20.0 Å². The maximum absolute atomic E-state index is 5.94. The summed E-state index contributed by atoms with van der Waals surface area (Å²) >= 11 is 5.94. The van der Waals surface area contributed by atoms with Crippen molar-refractivity contribution in [3.63, 3.8) is 0 Å². The molecule has 88 valence electrons. The van der Waals surface area contributed by atoms with Gasteiger partial charge in [0.1, 0.15) is 11.9 Å². The van der Waals surface area contributed by atoms with Crippen molar-refractivity contribution in [2.24, 2.45) is 0 Å². The van der Waals surface area contributed by atoms with E-state index in [-0.39, 0.29) is 6.10 Å². The number of hydrogen-bond donors (Lipinski definition) is 1. The lowest BCUT2D eigenvalue weighted by molar-refractivity contribution is 0.219. The molecular weight excluding hydrogens is 222 g/mol. The molecule has 1 N–H and O–H groups in total. The molecule has 0 spiro atoms. The summed E-state index contributed by atoms with van der Waals surface area (Å²) in [6.07, 6.45) is 1.96. The van der Waals surface area contributed by atoms with Crippen LogP contribution >= 0.6 is 11.6 Å². The standard InChI is InChI=1S/C13H18ClNO/c1-4-7-15-9-11(3)16-12-5-6-13(14)10(2)8-12/h4-6,8,11,15H,1,7,9H2,2-3H3. The van der Waals surface area contributed by atoms with Crippen LogP contribution in [0.2, 0.25) is 5.02 Å². The zero-order valence-corrected chi connectivity index (χ0v) is 10.6. The molecule has 0 saturated carbocycles. The highest BCUT2D eigenvalue weighted by atomic mass is 35.5.